The van der Waals surface area contributed by atoms with Crippen LogP contribution in [-0.2, 0) is 11.3 Å². The van der Waals surface area contributed by atoms with Gasteiger partial charge in [-0.05, 0) is 25.0 Å². The Kier molecular flexibility index (Phi) is 7.20. The van der Waals surface area contributed by atoms with Crippen molar-refractivity contribution < 1.29 is 18.7 Å². The Bertz CT molecular complexity index is 742. The van der Waals surface area contributed by atoms with Gasteiger partial charge >= 0.3 is 12.0 Å². The molecule has 0 aliphatic rings. The molecule has 1 N–H and O–H groups in total. The lowest BCUT2D eigenvalue weighted by Crippen LogP contribution is -2.35. The molecule has 1 heterocycles. The van der Waals surface area contributed by atoms with E-state index < -0.39 is 5.97 Å². The number of unbranched alkanes of at least 4 members (excludes halogenated alkanes) is 2. The summed E-state index contributed by atoms with van der Waals surface area (Å²) in [6, 6.07) is 7.37. The van der Waals surface area contributed by atoms with E-state index in [0.717, 1.165) is 30.5 Å². The highest BCUT2D eigenvalue weighted by Gasteiger charge is 2.19. The Labute approximate surface area is 153 Å². The number of benzene rings is 1. The summed E-state index contributed by atoms with van der Waals surface area (Å²) >= 11 is 0. The highest BCUT2D eigenvalue weighted by molar-refractivity contribution is 5.90. The first-order valence-electron chi connectivity index (χ1n) is 8.69. The molecule has 1 aromatic heterocycles. The van der Waals surface area contributed by atoms with Crippen LogP contribution >= 0.6 is 0 Å². The van der Waals surface area contributed by atoms with Crippen LogP contribution in [-0.4, -0.2) is 35.5 Å². The number of carbonyl (C=O) groups is 2. The minimum Gasteiger partial charge on any atom is -0.464 e. The summed E-state index contributed by atoms with van der Waals surface area (Å²) in [7, 11) is 1.28. The van der Waals surface area contributed by atoms with Crippen molar-refractivity contribution in [1.82, 2.24) is 9.88 Å². The lowest BCUT2D eigenvalue weighted by atomic mass is 10.2. The molecule has 0 radical (unpaired) electrons. The molecular weight excluding hydrogens is 334 g/mol. The SMILES string of the molecule is CCCCCN(Cc1nc(C(=O)OC)co1)C(=O)Nc1ccccc1C. The zero-order valence-electron chi connectivity index (χ0n) is 15.4. The van der Waals surface area contributed by atoms with Crippen LogP contribution in [0, 0.1) is 6.92 Å². The van der Waals surface area contributed by atoms with Crippen LogP contribution in [0.25, 0.3) is 0 Å². The highest BCUT2D eigenvalue weighted by Crippen LogP contribution is 2.15. The number of anilines is 1. The number of carbonyl (C=O) groups excluding carboxylic acids is 2. The molecule has 0 spiro atoms. The number of oxazole rings is 1. The van der Waals surface area contributed by atoms with Gasteiger partial charge in [0.2, 0.25) is 5.89 Å². The Morgan fingerprint density at radius 1 is 1.27 bits per heavy atom. The predicted octanol–water partition coefficient (Wildman–Crippen LogP) is 3.99. The largest absolute Gasteiger partial charge is 0.464 e. The zero-order chi connectivity index (χ0) is 18.9. The van der Waals surface area contributed by atoms with Crippen LogP contribution in [0.1, 0.15) is 48.1 Å². The number of para-hydroxylation sites is 1. The number of urea groups is 1. The lowest BCUT2D eigenvalue weighted by molar-refractivity contribution is 0.0594. The molecule has 2 amide bonds. The Hall–Kier alpha value is -2.83. The number of hydrogen-bond donors (Lipinski definition) is 1. The van der Waals surface area contributed by atoms with Gasteiger partial charge in [-0.15, -0.1) is 0 Å². The summed E-state index contributed by atoms with van der Waals surface area (Å²) in [6.45, 7) is 4.79. The van der Waals surface area contributed by atoms with Gasteiger partial charge < -0.3 is 19.4 Å². The summed E-state index contributed by atoms with van der Waals surface area (Å²) < 4.78 is 9.93. The van der Waals surface area contributed by atoms with Gasteiger partial charge in [-0.2, -0.15) is 0 Å². The number of hydrogen-bond acceptors (Lipinski definition) is 5. The van der Waals surface area contributed by atoms with Crippen molar-refractivity contribution in [1.29, 1.82) is 0 Å². The first-order chi connectivity index (χ1) is 12.5. The van der Waals surface area contributed by atoms with E-state index in [-0.39, 0.29) is 18.3 Å². The molecule has 7 heteroatoms. The van der Waals surface area contributed by atoms with Crippen LogP contribution < -0.4 is 5.32 Å². The van der Waals surface area contributed by atoms with Crippen molar-refractivity contribution in [2.24, 2.45) is 0 Å². The maximum atomic E-state index is 12.7. The second-order valence-electron chi connectivity index (χ2n) is 5.99. The average molecular weight is 359 g/mol. The van der Waals surface area contributed by atoms with Crippen molar-refractivity contribution in [3.63, 3.8) is 0 Å². The second kappa shape index (κ2) is 9.60. The minimum absolute atomic E-state index is 0.0929. The van der Waals surface area contributed by atoms with Gasteiger partial charge in [0, 0.05) is 12.2 Å². The average Bonchev–Trinajstić information content (AvgIpc) is 3.11. The first-order valence-corrected chi connectivity index (χ1v) is 8.69. The quantitative estimate of drug-likeness (QED) is 0.569. The molecular formula is C19H25N3O4. The number of nitrogens with zero attached hydrogens (tertiary/aromatic N) is 2. The Morgan fingerprint density at radius 3 is 2.73 bits per heavy atom. The molecule has 0 bridgehead atoms. The van der Waals surface area contributed by atoms with E-state index >= 15 is 0 Å². The van der Waals surface area contributed by atoms with E-state index in [0.29, 0.717) is 12.4 Å². The highest BCUT2D eigenvalue weighted by atomic mass is 16.5. The number of amides is 2. The van der Waals surface area contributed by atoms with Gasteiger partial charge in [-0.1, -0.05) is 38.0 Å². The Balaban J connectivity index is 2.09. The van der Waals surface area contributed by atoms with E-state index in [1.165, 1.54) is 13.4 Å². The molecule has 26 heavy (non-hydrogen) atoms. The molecule has 140 valence electrons. The molecule has 0 unspecified atom stereocenters. The molecule has 0 aliphatic carbocycles. The van der Waals surface area contributed by atoms with E-state index in [1.54, 1.807) is 4.90 Å². The summed E-state index contributed by atoms with van der Waals surface area (Å²) in [6.07, 6.45) is 4.19. The third-order valence-electron chi connectivity index (χ3n) is 3.98. The van der Waals surface area contributed by atoms with Gasteiger partial charge in [-0.25, -0.2) is 14.6 Å². The molecule has 0 saturated carbocycles. The molecule has 2 rings (SSSR count). The van der Waals surface area contributed by atoms with Gasteiger partial charge in [0.05, 0.1) is 13.7 Å². The fraction of sp³-hybridized carbons (Fsp3) is 0.421. The fourth-order valence-corrected chi connectivity index (χ4v) is 2.46. The normalized spacial score (nSPS) is 10.4. The molecule has 0 saturated heterocycles. The number of aromatic nitrogens is 1. The number of esters is 1. The van der Waals surface area contributed by atoms with Gasteiger partial charge in [0.15, 0.2) is 5.69 Å². The van der Waals surface area contributed by atoms with Crippen LogP contribution in [0.5, 0.6) is 0 Å². The number of nitrogens with one attached hydrogen (secondary N) is 1. The summed E-state index contributed by atoms with van der Waals surface area (Å²) in [5, 5.41) is 2.92. The van der Waals surface area contributed by atoms with Gasteiger partial charge in [0.1, 0.15) is 6.26 Å². The Morgan fingerprint density at radius 2 is 2.04 bits per heavy atom. The summed E-state index contributed by atoms with van der Waals surface area (Å²) in [4.78, 5) is 29.9. The van der Waals surface area contributed by atoms with Crippen LogP contribution in [0.3, 0.4) is 0 Å². The molecule has 0 fully saturated rings. The van der Waals surface area contributed by atoms with Crippen molar-refractivity contribution >= 4 is 17.7 Å². The number of aryl methyl sites for hydroxylation is 1. The smallest absolute Gasteiger partial charge is 0.360 e. The van der Waals surface area contributed by atoms with E-state index in [4.69, 9.17) is 4.42 Å². The van der Waals surface area contributed by atoms with Crippen molar-refractivity contribution in [2.45, 2.75) is 39.7 Å². The predicted molar refractivity (Wildman–Crippen MR) is 98.0 cm³/mol. The zero-order valence-corrected chi connectivity index (χ0v) is 15.4. The fourth-order valence-electron chi connectivity index (χ4n) is 2.46. The molecule has 0 aliphatic heterocycles. The third kappa shape index (κ3) is 5.34. The first kappa shape index (κ1) is 19.5. The second-order valence-corrected chi connectivity index (χ2v) is 5.99. The van der Waals surface area contributed by atoms with E-state index in [9.17, 15) is 9.59 Å². The molecule has 1 aromatic carbocycles. The maximum absolute atomic E-state index is 12.7. The summed E-state index contributed by atoms with van der Waals surface area (Å²) in [5.74, 6) is -0.274. The van der Waals surface area contributed by atoms with Gasteiger partial charge in [-0.3, -0.25) is 0 Å². The van der Waals surface area contributed by atoms with Crippen molar-refractivity contribution in [3.8, 4) is 0 Å². The minimum atomic E-state index is -0.568. The standard InChI is InChI=1S/C19H25N3O4/c1-4-5-8-11-22(12-17-20-16(13-26-17)18(23)25-3)19(24)21-15-10-7-6-9-14(15)2/h6-7,9-10,13H,4-5,8,11-12H2,1-3H3,(H,21,24). The van der Waals surface area contributed by atoms with Crippen LogP contribution in [0.15, 0.2) is 34.9 Å². The topological polar surface area (TPSA) is 84.7 Å². The number of ether oxygens (including phenoxy) is 1. The maximum Gasteiger partial charge on any atom is 0.360 e. The van der Waals surface area contributed by atoms with Gasteiger partial charge in [0.25, 0.3) is 0 Å². The van der Waals surface area contributed by atoms with E-state index in [1.807, 2.05) is 31.2 Å². The number of methoxy groups -OCH3 is 1. The van der Waals surface area contributed by atoms with Crippen LogP contribution in [0.2, 0.25) is 0 Å². The van der Waals surface area contributed by atoms with Crippen molar-refractivity contribution in [3.05, 3.63) is 47.7 Å². The third-order valence-corrected chi connectivity index (χ3v) is 3.98. The lowest BCUT2D eigenvalue weighted by Gasteiger charge is -2.22. The molecule has 2 aromatic rings. The van der Waals surface area contributed by atoms with E-state index in [2.05, 4.69) is 22.0 Å². The monoisotopic (exact) mass is 359 g/mol. The molecule has 7 nitrogen and oxygen atoms in total. The summed E-state index contributed by atoms with van der Waals surface area (Å²) in [5.41, 5.74) is 1.84. The van der Waals surface area contributed by atoms with Crippen LogP contribution in [0.4, 0.5) is 10.5 Å². The van der Waals surface area contributed by atoms with Crippen molar-refractivity contribution in [2.75, 3.05) is 19.0 Å². The number of rotatable bonds is 8. The molecule has 0 atom stereocenters.